The number of hydrogen-bond acceptors (Lipinski definition) is 6. The summed E-state index contributed by atoms with van der Waals surface area (Å²) in [6.45, 7) is 7.02. The number of aliphatic hydroxyl groups excluding tert-OH is 1. The molecule has 0 saturated carbocycles. The molecule has 2 atom stereocenters. The topological polar surface area (TPSA) is 77.9 Å². The predicted molar refractivity (Wildman–Crippen MR) is 150 cm³/mol. The third kappa shape index (κ3) is 6.50. The van der Waals surface area contributed by atoms with Crippen LogP contribution in [0.2, 0.25) is 0 Å². The van der Waals surface area contributed by atoms with E-state index in [9.17, 15) is 13.6 Å². The molecular formula is C32H36F3NO5. The number of halogens is 3. The van der Waals surface area contributed by atoms with E-state index in [1.165, 1.54) is 45.2 Å². The Hall–Kier alpha value is -3.59. The first-order valence-corrected chi connectivity index (χ1v) is 13.6. The summed E-state index contributed by atoms with van der Waals surface area (Å²) < 4.78 is 61.6. The number of nitrogens with zero attached hydrogens (tertiary/aromatic N) is 1. The highest BCUT2D eigenvalue weighted by Crippen LogP contribution is 2.46. The van der Waals surface area contributed by atoms with Crippen molar-refractivity contribution < 1.29 is 37.3 Å². The molecule has 3 aromatic rings. The van der Waals surface area contributed by atoms with E-state index in [1.54, 1.807) is 18.2 Å². The molecule has 4 rings (SSSR count). The highest BCUT2D eigenvalue weighted by atomic mass is 19.1. The van der Waals surface area contributed by atoms with Crippen LogP contribution in [0, 0.1) is 5.82 Å². The van der Waals surface area contributed by atoms with Crippen LogP contribution >= 0.6 is 0 Å². The first-order valence-electron chi connectivity index (χ1n) is 13.6. The summed E-state index contributed by atoms with van der Waals surface area (Å²) in [5.41, 5.74) is -0.550. The molecule has 1 aromatic heterocycles. The number of methoxy groups -OCH3 is 1. The lowest BCUT2D eigenvalue weighted by atomic mass is 9.78. The second-order valence-electron chi connectivity index (χ2n) is 11.1. The molecule has 0 amide bonds. The zero-order chi connectivity index (χ0) is 29.9. The van der Waals surface area contributed by atoms with Gasteiger partial charge in [0.1, 0.15) is 35.7 Å². The van der Waals surface area contributed by atoms with Gasteiger partial charge in [0, 0.05) is 28.7 Å². The third-order valence-corrected chi connectivity index (χ3v) is 7.56. The van der Waals surface area contributed by atoms with E-state index in [0.717, 1.165) is 5.56 Å². The van der Waals surface area contributed by atoms with Gasteiger partial charge < -0.3 is 19.3 Å². The number of pyridine rings is 1. The summed E-state index contributed by atoms with van der Waals surface area (Å²) in [5, 5.41) is 9.00. The lowest BCUT2D eigenvalue weighted by Crippen LogP contribution is -2.29. The zero-order valence-corrected chi connectivity index (χ0v) is 24.0. The molecule has 2 unspecified atom stereocenters. The molecule has 0 bridgehead atoms. The molecule has 2 heterocycles. The molecule has 0 fully saturated rings. The van der Waals surface area contributed by atoms with Crippen molar-refractivity contribution in [1.29, 1.82) is 0 Å². The van der Waals surface area contributed by atoms with Gasteiger partial charge in [0.15, 0.2) is 17.3 Å². The molecule has 1 N–H and O–H groups in total. The maximum absolute atomic E-state index is 16.4. The molecule has 0 radical (unpaired) electrons. The average Bonchev–Trinajstić information content (AvgIpc) is 2.94. The fraction of sp³-hybridized carbons (Fsp3) is 0.438. The Morgan fingerprint density at radius 3 is 2.63 bits per heavy atom. The molecule has 9 heteroatoms. The van der Waals surface area contributed by atoms with Gasteiger partial charge in [0.25, 0.3) is 0 Å². The molecule has 0 spiro atoms. The summed E-state index contributed by atoms with van der Waals surface area (Å²) in [5.74, 6) is 0.222. The smallest absolute Gasteiger partial charge is 0.163 e. The lowest BCUT2D eigenvalue weighted by molar-refractivity contribution is 0.0929. The highest BCUT2D eigenvalue weighted by molar-refractivity contribution is 5.96. The van der Waals surface area contributed by atoms with Gasteiger partial charge in [-0.15, -0.1) is 0 Å². The Bertz CT molecular complexity index is 1420. The monoisotopic (exact) mass is 571 g/mol. The molecule has 1 aliphatic heterocycles. The first kappa shape index (κ1) is 30.4. The van der Waals surface area contributed by atoms with Crippen molar-refractivity contribution in [3.05, 3.63) is 70.7 Å². The van der Waals surface area contributed by atoms with Crippen molar-refractivity contribution in [1.82, 2.24) is 4.98 Å². The highest BCUT2D eigenvalue weighted by Gasteiger charge is 2.37. The fourth-order valence-corrected chi connectivity index (χ4v) is 4.92. The largest absolute Gasteiger partial charge is 0.493 e. The quantitative estimate of drug-likeness (QED) is 0.245. The van der Waals surface area contributed by atoms with Crippen LogP contribution in [0.25, 0.3) is 11.3 Å². The number of fused-ring (bicyclic) bond motifs is 1. The van der Waals surface area contributed by atoms with Crippen molar-refractivity contribution in [3.8, 4) is 28.5 Å². The summed E-state index contributed by atoms with van der Waals surface area (Å²) in [6, 6.07) is 10.4. The van der Waals surface area contributed by atoms with Gasteiger partial charge in [-0.25, -0.2) is 18.2 Å². The minimum Gasteiger partial charge on any atom is -0.493 e. The van der Waals surface area contributed by atoms with Crippen molar-refractivity contribution in [2.75, 3.05) is 26.9 Å². The molecular weight excluding hydrogens is 535 g/mol. The van der Waals surface area contributed by atoms with Gasteiger partial charge in [-0.05, 0) is 74.6 Å². The predicted octanol–water partition coefficient (Wildman–Crippen LogP) is 7.21. The third-order valence-electron chi connectivity index (χ3n) is 7.56. The van der Waals surface area contributed by atoms with E-state index >= 15 is 4.39 Å². The number of carbonyl (C=O) groups is 1. The number of rotatable bonds is 11. The van der Waals surface area contributed by atoms with E-state index in [0.29, 0.717) is 47.1 Å². The number of hydrogen-bond donors (Lipinski definition) is 1. The van der Waals surface area contributed by atoms with Gasteiger partial charge in [0.2, 0.25) is 0 Å². The molecule has 1 aliphatic rings. The normalized spacial score (nSPS) is 16.2. The van der Waals surface area contributed by atoms with Crippen LogP contribution in [0.4, 0.5) is 13.2 Å². The Labute approximate surface area is 238 Å². The second-order valence-corrected chi connectivity index (χ2v) is 11.1. The Morgan fingerprint density at radius 1 is 1.20 bits per heavy atom. The standard InChI is InChI=1S/C32H36F3NO5/c1-19(33)22-16-21(6-8-24(22)34)29-30-23(31(2,3)12-14-41-30)18-28(36-29)32(4,35)11-10-25(38)20-7-9-26(40-15-13-37)27(17-20)39-5/h6-9,16-19,37H,10-15H2,1-5H3. The molecule has 6 nitrogen and oxygen atoms in total. The number of aliphatic hydroxyl groups is 1. The maximum atomic E-state index is 16.4. The number of Topliss-reactive ketones (excluding diaryl/α,β-unsaturated/α-hetero) is 1. The molecule has 220 valence electrons. The number of benzene rings is 2. The van der Waals surface area contributed by atoms with Gasteiger partial charge in [0.05, 0.1) is 26.0 Å². The van der Waals surface area contributed by atoms with Gasteiger partial charge in [-0.2, -0.15) is 0 Å². The van der Waals surface area contributed by atoms with Gasteiger partial charge >= 0.3 is 0 Å². The molecule has 0 saturated heterocycles. The summed E-state index contributed by atoms with van der Waals surface area (Å²) in [4.78, 5) is 17.7. The van der Waals surface area contributed by atoms with Gasteiger partial charge in [-0.3, -0.25) is 4.79 Å². The Balaban J connectivity index is 1.67. The van der Waals surface area contributed by atoms with E-state index in [4.69, 9.17) is 19.3 Å². The van der Waals surface area contributed by atoms with Crippen molar-refractivity contribution in [2.24, 2.45) is 0 Å². The summed E-state index contributed by atoms with van der Waals surface area (Å²) in [7, 11) is 1.44. The van der Waals surface area contributed by atoms with Crippen LogP contribution in [0.1, 0.15) is 80.3 Å². The SMILES string of the molecule is COc1cc(C(=O)CCC(C)(F)c2cc3c(c(-c4ccc(F)c(C(C)F)c4)n2)OCCC3(C)C)ccc1OCCO. The average molecular weight is 572 g/mol. The number of alkyl halides is 2. The van der Waals surface area contributed by atoms with Gasteiger partial charge in [-0.1, -0.05) is 13.8 Å². The van der Waals surface area contributed by atoms with E-state index in [-0.39, 0.29) is 48.5 Å². The summed E-state index contributed by atoms with van der Waals surface area (Å²) >= 11 is 0. The fourth-order valence-electron chi connectivity index (χ4n) is 4.92. The molecule has 2 aromatic carbocycles. The first-order chi connectivity index (χ1) is 19.4. The van der Waals surface area contributed by atoms with Crippen LogP contribution in [0.5, 0.6) is 17.2 Å². The van der Waals surface area contributed by atoms with E-state index in [2.05, 4.69) is 4.98 Å². The number of ether oxygens (including phenoxy) is 3. The van der Waals surface area contributed by atoms with Crippen molar-refractivity contribution >= 4 is 5.78 Å². The van der Waals surface area contributed by atoms with E-state index in [1.807, 2.05) is 13.8 Å². The number of carbonyl (C=O) groups excluding carboxylic acids is 1. The molecule has 41 heavy (non-hydrogen) atoms. The van der Waals surface area contributed by atoms with Crippen LogP contribution < -0.4 is 14.2 Å². The van der Waals surface area contributed by atoms with Crippen LogP contribution in [0.15, 0.2) is 42.5 Å². The molecule has 0 aliphatic carbocycles. The summed E-state index contributed by atoms with van der Waals surface area (Å²) in [6.07, 6.45) is -1.11. The Kier molecular flexibility index (Phi) is 8.97. The number of aromatic nitrogens is 1. The maximum Gasteiger partial charge on any atom is 0.163 e. The minimum absolute atomic E-state index is 0.0769. The number of ketones is 1. The van der Waals surface area contributed by atoms with E-state index < -0.39 is 17.7 Å². The minimum atomic E-state index is -2.00. The lowest BCUT2D eigenvalue weighted by Gasteiger charge is -2.35. The second kappa shape index (κ2) is 12.1. The van der Waals surface area contributed by atoms with Crippen molar-refractivity contribution in [2.45, 2.75) is 64.2 Å². The zero-order valence-electron chi connectivity index (χ0n) is 24.0. The van der Waals surface area contributed by atoms with Crippen LogP contribution in [-0.2, 0) is 11.1 Å². The Morgan fingerprint density at radius 2 is 1.95 bits per heavy atom. The van der Waals surface area contributed by atoms with Crippen LogP contribution in [-0.4, -0.2) is 42.8 Å². The van der Waals surface area contributed by atoms with Crippen LogP contribution in [0.3, 0.4) is 0 Å². The van der Waals surface area contributed by atoms with Crippen molar-refractivity contribution in [3.63, 3.8) is 0 Å².